The molecule has 0 aliphatic carbocycles. The molecule has 0 unspecified atom stereocenters. The molecule has 0 radical (unpaired) electrons. The van der Waals surface area contributed by atoms with Crippen LogP contribution in [0.15, 0.2) is 42.5 Å². The Balaban J connectivity index is 1.63. The summed E-state index contributed by atoms with van der Waals surface area (Å²) in [6.45, 7) is 6.16. The molecule has 0 aromatic heterocycles. The van der Waals surface area contributed by atoms with Gasteiger partial charge in [0, 0.05) is 25.7 Å². The van der Waals surface area contributed by atoms with Gasteiger partial charge in [-0.05, 0) is 55.5 Å². The van der Waals surface area contributed by atoms with Crippen LogP contribution in [-0.2, 0) is 0 Å². The molecule has 2 aromatic carbocycles. The summed E-state index contributed by atoms with van der Waals surface area (Å²) >= 11 is 0. The van der Waals surface area contributed by atoms with E-state index in [1.165, 1.54) is 0 Å². The summed E-state index contributed by atoms with van der Waals surface area (Å²) in [4.78, 5) is 30.6. The Morgan fingerprint density at radius 1 is 0.943 bits per heavy atom. The molecule has 0 saturated carbocycles. The second-order valence-electron chi connectivity index (χ2n) is 9.80. The summed E-state index contributed by atoms with van der Waals surface area (Å²) in [5.41, 5.74) is 1.14. The monoisotopic (exact) mass is 480 g/mol. The normalized spacial score (nSPS) is 19.2. The topological polar surface area (TPSA) is 68.3 Å². The molecule has 0 N–H and O–H groups in total. The van der Waals surface area contributed by atoms with Crippen LogP contribution in [0.5, 0.6) is 17.2 Å². The van der Waals surface area contributed by atoms with Gasteiger partial charge in [-0.15, -0.1) is 0 Å². The third kappa shape index (κ3) is 6.08. The van der Waals surface area contributed by atoms with E-state index in [0.717, 1.165) is 32.1 Å². The first-order chi connectivity index (χ1) is 16.9. The van der Waals surface area contributed by atoms with E-state index in [2.05, 4.69) is 13.8 Å². The standard InChI is InChI=1S/C28H36N2O5/c1-20(2)16-22-18-33-24-11-7-6-10-23(24)28(32)29(3)14-8-4-5-9-15-30(22)27(31)21-12-13-25-26(17-21)35-19-34-25/h6-7,10-13,17,20,22H,4-5,8-9,14-16,18-19H2,1-3H3/t22-/m0/s1. The number of nitrogens with zero attached hydrogens (tertiary/aromatic N) is 2. The number of hydrogen-bond acceptors (Lipinski definition) is 5. The maximum absolute atomic E-state index is 13.8. The average Bonchev–Trinajstić information content (AvgIpc) is 3.33. The average molecular weight is 481 g/mol. The summed E-state index contributed by atoms with van der Waals surface area (Å²) in [7, 11) is 1.85. The van der Waals surface area contributed by atoms with E-state index >= 15 is 0 Å². The smallest absolute Gasteiger partial charge is 0.257 e. The molecule has 2 heterocycles. The lowest BCUT2D eigenvalue weighted by molar-refractivity contribution is 0.0567. The molecule has 7 heteroatoms. The molecule has 0 fully saturated rings. The molecule has 7 nitrogen and oxygen atoms in total. The number of carbonyl (C=O) groups excluding carboxylic acids is 2. The van der Waals surface area contributed by atoms with Gasteiger partial charge in [-0.25, -0.2) is 0 Å². The summed E-state index contributed by atoms with van der Waals surface area (Å²) in [5.74, 6) is 2.13. The van der Waals surface area contributed by atoms with Crippen LogP contribution < -0.4 is 14.2 Å². The van der Waals surface area contributed by atoms with Gasteiger partial charge in [0.15, 0.2) is 11.5 Å². The molecule has 0 saturated heterocycles. The van der Waals surface area contributed by atoms with Crippen molar-refractivity contribution in [2.45, 2.75) is 52.0 Å². The summed E-state index contributed by atoms with van der Waals surface area (Å²) in [6, 6.07) is 12.6. The molecule has 4 rings (SSSR count). The SMILES string of the molecule is CC(C)C[C@H]1COc2ccccc2C(=O)N(C)CCCCCCN1C(=O)c1ccc2c(c1)OCO2. The van der Waals surface area contributed by atoms with E-state index in [4.69, 9.17) is 14.2 Å². The number of rotatable bonds is 3. The van der Waals surface area contributed by atoms with Crippen LogP contribution in [0.1, 0.15) is 66.7 Å². The van der Waals surface area contributed by atoms with Gasteiger partial charge in [0.05, 0.1) is 11.6 Å². The molecule has 1 atom stereocenters. The zero-order valence-electron chi connectivity index (χ0n) is 21.0. The van der Waals surface area contributed by atoms with Crippen molar-refractivity contribution in [3.05, 3.63) is 53.6 Å². The van der Waals surface area contributed by atoms with Crippen molar-refractivity contribution < 1.29 is 23.8 Å². The maximum atomic E-state index is 13.8. The van der Waals surface area contributed by atoms with Crippen LogP contribution in [0.3, 0.4) is 0 Å². The lowest BCUT2D eigenvalue weighted by Gasteiger charge is -2.33. The van der Waals surface area contributed by atoms with Gasteiger partial charge in [0.2, 0.25) is 6.79 Å². The quantitative estimate of drug-likeness (QED) is 0.619. The van der Waals surface area contributed by atoms with E-state index in [-0.39, 0.29) is 24.6 Å². The van der Waals surface area contributed by atoms with Crippen LogP contribution in [0.2, 0.25) is 0 Å². The van der Waals surface area contributed by atoms with Gasteiger partial charge < -0.3 is 24.0 Å². The molecular formula is C28H36N2O5. The number of para-hydroxylation sites is 1. The van der Waals surface area contributed by atoms with Crippen molar-refractivity contribution in [1.82, 2.24) is 9.80 Å². The van der Waals surface area contributed by atoms with Crippen LogP contribution in [0.25, 0.3) is 0 Å². The molecule has 188 valence electrons. The fourth-order valence-electron chi connectivity index (χ4n) is 4.72. The fourth-order valence-corrected chi connectivity index (χ4v) is 4.72. The first kappa shape index (κ1) is 24.9. The number of amides is 2. The molecule has 0 bridgehead atoms. The summed E-state index contributed by atoms with van der Waals surface area (Å²) < 4.78 is 17.2. The van der Waals surface area contributed by atoms with Crippen molar-refractivity contribution in [1.29, 1.82) is 0 Å². The van der Waals surface area contributed by atoms with Crippen LogP contribution >= 0.6 is 0 Å². The lowest BCUT2D eigenvalue weighted by Crippen LogP contribution is -2.45. The molecule has 2 amide bonds. The highest BCUT2D eigenvalue weighted by atomic mass is 16.7. The number of benzene rings is 2. The van der Waals surface area contributed by atoms with E-state index in [0.29, 0.717) is 54.0 Å². The third-order valence-corrected chi connectivity index (χ3v) is 6.60. The van der Waals surface area contributed by atoms with E-state index in [9.17, 15) is 9.59 Å². The molecular weight excluding hydrogens is 444 g/mol. The summed E-state index contributed by atoms with van der Waals surface area (Å²) in [6.07, 6.45) is 4.64. The minimum atomic E-state index is -0.128. The highest BCUT2D eigenvalue weighted by Crippen LogP contribution is 2.33. The predicted octanol–water partition coefficient (Wildman–Crippen LogP) is 5.00. The Hall–Kier alpha value is -3.22. The van der Waals surface area contributed by atoms with Crippen molar-refractivity contribution in [3.63, 3.8) is 0 Å². The Labute approximate surface area is 207 Å². The highest BCUT2D eigenvalue weighted by Gasteiger charge is 2.28. The minimum Gasteiger partial charge on any atom is -0.491 e. The van der Waals surface area contributed by atoms with Crippen LogP contribution in [-0.4, -0.2) is 61.2 Å². The zero-order chi connectivity index (χ0) is 24.8. The zero-order valence-corrected chi connectivity index (χ0v) is 21.0. The minimum absolute atomic E-state index is 0.0336. The second-order valence-corrected chi connectivity index (χ2v) is 9.80. The highest BCUT2D eigenvalue weighted by molar-refractivity contribution is 5.97. The summed E-state index contributed by atoms with van der Waals surface area (Å²) in [5, 5.41) is 0. The van der Waals surface area contributed by atoms with Gasteiger partial charge >= 0.3 is 0 Å². The largest absolute Gasteiger partial charge is 0.491 e. The number of hydrogen-bond donors (Lipinski definition) is 0. The van der Waals surface area contributed by atoms with Crippen molar-refractivity contribution >= 4 is 11.8 Å². The van der Waals surface area contributed by atoms with Crippen LogP contribution in [0, 0.1) is 5.92 Å². The Bertz CT molecular complexity index is 1040. The number of ether oxygens (including phenoxy) is 3. The number of carbonyl (C=O) groups is 2. The van der Waals surface area contributed by atoms with Crippen molar-refractivity contribution in [2.24, 2.45) is 5.92 Å². The molecule has 35 heavy (non-hydrogen) atoms. The van der Waals surface area contributed by atoms with Gasteiger partial charge in [0.25, 0.3) is 11.8 Å². The number of fused-ring (bicyclic) bond motifs is 2. The molecule has 2 aliphatic rings. The Kier molecular flexibility index (Phi) is 8.16. The maximum Gasteiger partial charge on any atom is 0.257 e. The van der Waals surface area contributed by atoms with Gasteiger partial charge in [-0.1, -0.05) is 38.8 Å². The van der Waals surface area contributed by atoms with Gasteiger partial charge in [-0.2, -0.15) is 0 Å². The van der Waals surface area contributed by atoms with Crippen LogP contribution in [0.4, 0.5) is 0 Å². The Morgan fingerprint density at radius 3 is 2.49 bits per heavy atom. The third-order valence-electron chi connectivity index (χ3n) is 6.60. The fraction of sp³-hybridized carbons (Fsp3) is 0.500. The van der Waals surface area contributed by atoms with Gasteiger partial charge in [0.1, 0.15) is 12.4 Å². The first-order valence-corrected chi connectivity index (χ1v) is 12.6. The van der Waals surface area contributed by atoms with Crippen molar-refractivity contribution in [2.75, 3.05) is 33.5 Å². The Morgan fingerprint density at radius 2 is 1.69 bits per heavy atom. The van der Waals surface area contributed by atoms with Gasteiger partial charge in [-0.3, -0.25) is 9.59 Å². The second kappa shape index (κ2) is 11.5. The predicted molar refractivity (Wildman–Crippen MR) is 134 cm³/mol. The van der Waals surface area contributed by atoms with Crippen molar-refractivity contribution in [3.8, 4) is 17.2 Å². The molecule has 0 spiro atoms. The van der Waals surface area contributed by atoms with E-state index in [1.807, 2.05) is 36.2 Å². The lowest BCUT2D eigenvalue weighted by atomic mass is 10.0. The first-order valence-electron chi connectivity index (χ1n) is 12.6. The molecule has 2 aromatic rings. The van der Waals surface area contributed by atoms with E-state index in [1.54, 1.807) is 23.1 Å². The van der Waals surface area contributed by atoms with E-state index < -0.39 is 0 Å². The molecule has 2 aliphatic heterocycles.